The van der Waals surface area contributed by atoms with Crippen LogP contribution in [0, 0.1) is 4.77 Å². The van der Waals surface area contributed by atoms with Gasteiger partial charge in [-0.3, -0.25) is 4.79 Å². The number of nitrogens with zero attached hydrogens (tertiary/aromatic N) is 1. The van der Waals surface area contributed by atoms with Crippen molar-refractivity contribution in [2.75, 3.05) is 6.61 Å². The molecule has 0 fully saturated rings. The van der Waals surface area contributed by atoms with Gasteiger partial charge in [-0.1, -0.05) is 0 Å². The fraction of sp³-hybridized carbons (Fsp3) is 0.444. The van der Waals surface area contributed by atoms with Gasteiger partial charge in [-0.05, 0) is 12.2 Å². The maximum Gasteiger partial charge on any atom is 0.309 e. The lowest BCUT2D eigenvalue weighted by molar-refractivity contribution is -0.136. The van der Waals surface area contributed by atoms with E-state index in [9.17, 15) is 4.79 Å². The smallest absolute Gasteiger partial charge is 0.309 e. The molecule has 2 rings (SSSR count). The fourth-order valence-electron chi connectivity index (χ4n) is 1.62. The lowest BCUT2D eigenvalue weighted by Crippen LogP contribution is -2.17. The van der Waals surface area contributed by atoms with Crippen LogP contribution in [0.15, 0.2) is 0 Å². The second-order valence-electron chi connectivity index (χ2n) is 3.32. The molecule has 0 spiro atoms. The Balaban J connectivity index is 2.47. The number of nitrogens with one attached hydrogen (secondary N) is 1. The third-order valence-electron chi connectivity index (χ3n) is 2.27. The molecular formula is C9H10N2O3S. The normalized spacial score (nSPS) is 14.7. The van der Waals surface area contributed by atoms with Gasteiger partial charge in [-0.2, -0.15) is 0 Å². The molecule has 0 unspecified atom stereocenters. The Labute approximate surface area is 91.1 Å². The molecule has 0 aliphatic carbocycles. The molecule has 1 aliphatic heterocycles. The van der Waals surface area contributed by atoms with Crippen LogP contribution in [0.4, 0.5) is 0 Å². The highest BCUT2D eigenvalue weighted by Crippen LogP contribution is 2.17. The molecule has 0 bridgehead atoms. The van der Waals surface area contributed by atoms with E-state index in [1.165, 1.54) is 0 Å². The standard InChI is InChI=1S/C9H10N2O3S/c12-8(13)3-7-5-4-14-2-1-6(5)10-9(15)11-7/h1-4H2,(H,12,13)(H,10,11,15). The van der Waals surface area contributed by atoms with Crippen molar-refractivity contribution >= 4 is 18.2 Å². The number of carboxylic acid groups (broad SMARTS) is 1. The Morgan fingerprint density at radius 3 is 3.20 bits per heavy atom. The van der Waals surface area contributed by atoms with E-state index in [4.69, 9.17) is 22.1 Å². The van der Waals surface area contributed by atoms with Gasteiger partial charge in [0, 0.05) is 17.7 Å². The Bertz CT molecular complexity index is 455. The topological polar surface area (TPSA) is 75.2 Å². The summed E-state index contributed by atoms with van der Waals surface area (Å²) in [5, 5.41) is 8.73. The first-order valence-corrected chi connectivity index (χ1v) is 4.98. The number of carboxylic acids is 1. The average Bonchev–Trinajstić information content (AvgIpc) is 2.16. The Morgan fingerprint density at radius 1 is 1.67 bits per heavy atom. The number of aromatic amines is 1. The summed E-state index contributed by atoms with van der Waals surface area (Å²) in [4.78, 5) is 17.6. The van der Waals surface area contributed by atoms with Crippen molar-refractivity contribution in [1.82, 2.24) is 9.97 Å². The van der Waals surface area contributed by atoms with Gasteiger partial charge < -0.3 is 14.8 Å². The van der Waals surface area contributed by atoms with Crippen LogP contribution in [0.25, 0.3) is 0 Å². The third-order valence-corrected chi connectivity index (χ3v) is 2.46. The zero-order valence-corrected chi connectivity index (χ0v) is 8.76. The van der Waals surface area contributed by atoms with Crippen LogP contribution in [0.2, 0.25) is 0 Å². The van der Waals surface area contributed by atoms with Crippen LogP contribution in [0.3, 0.4) is 0 Å². The van der Waals surface area contributed by atoms with Gasteiger partial charge in [-0.15, -0.1) is 0 Å². The number of rotatable bonds is 2. The van der Waals surface area contributed by atoms with Crippen molar-refractivity contribution in [2.45, 2.75) is 19.4 Å². The summed E-state index contributed by atoms with van der Waals surface area (Å²) in [6.45, 7) is 1.05. The molecule has 0 atom stereocenters. The molecule has 0 radical (unpaired) electrons. The summed E-state index contributed by atoms with van der Waals surface area (Å²) in [7, 11) is 0. The zero-order chi connectivity index (χ0) is 10.8. The van der Waals surface area contributed by atoms with Crippen LogP contribution in [-0.2, 0) is 29.0 Å². The van der Waals surface area contributed by atoms with Gasteiger partial charge >= 0.3 is 5.97 Å². The van der Waals surface area contributed by atoms with Gasteiger partial charge in [0.1, 0.15) is 0 Å². The van der Waals surface area contributed by atoms with Gasteiger partial charge in [0.25, 0.3) is 0 Å². The maximum absolute atomic E-state index is 10.6. The number of H-pyrrole nitrogens is 1. The summed E-state index contributed by atoms with van der Waals surface area (Å²) in [6.07, 6.45) is 0.623. The number of carbonyl (C=O) groups is 1. The fourth-order valence-corrected chi connectivity index (χ4v) is 1.85. The van der Waals surface area contributed by atoms with Crippen molar-refractivity contribution in [1.29, 1.82) is 0 Å². The molecule has 2 N–H and O–H groups in total. The zero-order valence-electron chi connectivity index (χ0n) is 7.95. The largest absolute Gasteiger partial charge is 0.481 e. The quantitative estimate of drug-likeness (QED) is 0.731. The number of ether oxygens (including phenoxy) is 1. The monoisotopic (exact) mass is 226 g/mol. The van der Waals surface area contributed by atoms with Gasteiger partial charge in [0.15, 0.2) is 4.77 Å². The van der Waals surface area contributed by atoms with E-state index in [1.54, 1.807) is 0 Å². The predicted octanol–water partition coefficient (Wildman–Crippen LogP) is 0.839. The molecule has 0 saturated carbocycles. The van der Waals surface area contributed by atoms with Crippen molar-refractivity contribution in [2.24, 2.45) is 0 Å². The van der Waals surface area contributed by atoms with E-state index in [-0.39, 0.29) is 6.42 Å². The van der Waals surface area contributed by atoms with Crippen LogP contribution in [0.1, 0.15) is 17.0 Å². The molecule has 15 heavy (non-hydrogen) atoms. The number of aliphatic carboxylic acids is 1. The first-order chi connectivity index (χ1) is 7.16. The van der Waals surface area contributed by atoms with Crippen LogP contribution < -0.4 is 0 Å². The first kappa shape index (κ1) is 10.3. The molecule has 2 heterocycles. The second-order valence-corrected chi connectivity index (χ2v) is 3.71. The minimum absolute atomic E-state index is 0.107. The SMILES string of the molecule is O=C(O)Cc1nc(=S)[nH]c2c1COCC2. The summed E-state index contributed by atoms with van der Waals surface area (Å²) in [5.41, 5.74) is 2.32. The average molecular weight is 226 g/mol. The molecule has 5 nitrogen and oxygen atoms in total. The highest BCUT2D eigenvalue weighted by atomic mass is 32.1. The Kier molecular flexibility index (Phi) is 2.79. The minimum atomic E-state index is -0.907. The summed E-state index contributed by atoms with van der Waals surface area (Å²) >= 11 is 4.94. The lowest BCUT2D eigenvalue weighted by Gasteiger charge is -2.18. The number of aromatic nitrogens is 2. The number of fused-ring (bicyclic) bond motifs is 1. The Hall–Kier alpha value is -1.27. The van der Waals surface area contributed by atoms with Crippen LogP contribution in [-0.4, -0.2) is 27.7 Å². The van der Waals surface area contributed by atoms with Crippen molar-refractivity contribution in [3.05, 3.63) is 21.7 Å². The van der Waals surface area contributed by atoms with E-state index < -0.39 is 5.97 Å². The van der Waals surface area contributed by atoms with Gasteiger partial charge in [-0.25, -0.2) is 4.98 Å². The van der Waals surface area contributed by atoms with Crippen molar-refractivity contribution < 1.29 is 14.6 Å². The van der Waals surface area contributed by atoms with Gasteiger partial charge in [0.05, 0.1) is 25.3 Å². The van der Waals surface area contributed by atoms with Crippen molar-refractivity contribution in [3.63, 3.8) is 0 Å². The molecule has 80 valence electrons. The molecule has 1 aromatic rings. The van der Waals surface area contributed by atoms with Crippen LogP contribution >= 0.6 is 12.2 Å². The second kappa shape index (κ2) is 4.08. The van der Waals surface area contributed by atoms with E-state index in [1.807, 2.05) is 0 Å². The number of hydrogen-bond acceptors (Lipinski definition) is 4. The lowest BCUT2D eigenvalue weighted by atomic mass is 10.1. The van der Waals surface area contributed by atoms with E-state index in [0.717, 1.165) is 17.7 Å². The molecule has 0 saturated heterocycles. The Morgan fingerprint density at radius 2 is 2.47 bits per heavy atom. The van der Waals surface area contributed by atoms with Crippen molar-refractivity contribution in [3.8, 4) is 0 Å². The summed E-state index contributed by atoms with van der Waals surface area (Å²) in [5.74, 6) is -0.907. The molecule has 1 aromatic heterocycles. The first-order valence-electron chi connectivity index (χ1n) is 4.57. The van der Waals surface area contributed by atoms with E-state index in [2.05, 4.69) is 9.97 Å². The molecule has 0 aromatic carbocycles. The maximum atomic E-state index is 10.6. The highest BCUT2D eigenvalue weighted by molar-refractivity contribution is 7.71. The third kappa shape index (κ3) is 2.21. The molecule has 1 aliphatic rings. The summed E-state index contributed by atoms with van der Waals surface area (Å²) < 4.78 is 5.61. The highest BCUT2D eigenvalue weighted by Gasteiger charge is 2.17. The van der Waals surface area contributed by atoms with E-state index in [0.29, 0.717) is 23.7 Å². The molecule has 0 amide bonds. The minimum Gasteiger partial charge on any atom is -0.481 e. The predicted molar refractivity (Wildman–Crippen MR) is 54.1 cm³/mol. The summed E-state index contributed by atoms with van der Waals surface area (Å²) in [6, 6.07) is 0. The molecule has 6 heteroatoms. The molecular weight excluding hydrogens is 216 g/mol. The number of hydrogen-bond donors (Lipinski definition) is 2. The van der Waals surface area contributed by atoms with Gasteiger partial charge in [0.2, 0.25) is 0 Å². The van der Waals surface area contributed by atoms with E-state index >= 15 is 0 Å². The van der Waals surface area contributed by atoms with Crippen LogP contribution in [0.5, 0.6) is 0 Å².